The zero-order valence-corrected chi connectivity index (χ0v) is 13.6. The molecule has 0 radical (unpaired) electrons. The lowest BCUT2D eigenvalue weighted by atomic mass is 10.1. The molecule has 0 fully saturated rings. The van der Waals surface area contributed by atoms with Gasteiger partial charge in [-0.3, -0.25) is 4.79 Å². The number of hydrogen-bond donors (Lipinski definition) is 1. The summed E-state index contributed by atoms with van der Waals surface area (Å²) < 4.78 is 6.79. The molecule has 0 aromatic heterocycles. The van der Waals surface area contributed by atoms with Crippen molar-refractivity contribution in [3.05, 3.63) is 58.1 Å². The molecule has 0 aliphatic carbocycles. The van der Waals surface area contributed by atoms with Gasteiger partial charge in [0, 0.05) is 30.3 Å². The van der Waals surface area contributed by atoms with E-state index in [4.69, 9.17) is 10.5 Å². The third-order valence-electron chi connectivity index (χ3n) is 2.95. The van der Waals surface area contributed by atoms with Crippen LogP contribution in [0.25, 0.3) is 0 Å². The Morgan fingerprint density at radius 2 is 1.86 bits per heavy atom. The molecule has 0 spiro atoms. The van der Waals surface area contributed by atoms with E-state index in [9.17, 15) is 4.79 Å². The zero-order valence-electron chi connectivity index (χ0n) is 12.0. The maximum absolute atomic E-state index is 12.1. The van der Waals surface area contributed by atoms with E-state index < -0.39 is 0 Å². The average Bonchev–Trinajstić information content (AvgIpc) is 2.46. The van der Waals surface area contributed by atoms with Crippen molar-refractivity contribution in [1.29, 1.82) is 0 Å². The number of amides is 1. The van der Waals surface area contributed by atoms with Gasteiger partial charge >= 0.3 is 0 Å². The molecule has 2 rings (SSSR count). The predicted octanol–water partition coefficient (Wildman–Crippen LogP) is 3.31. The summed E-state index contributed by atoms with van der Waals surface area (Å²) in [5.74, 6) is 0.387. The third-order valence-corrected chi connectivity index (χ3v) is 3.48. The number of hydrogen-bond acceptors (Lipinski definition) is 3. The molecular formula is C16H17BrN2O2. The monoisotopic (exact) mass is 348 g/mol. The van der Waals surface area contributed by atoms with E-state index in [1.54, 1.807) is 32.3 Å². The number of rotatable bonds is 4. The maximum atomic E-state index is 12.1. The second-order valence-electron chi connectivity index (χ2n) is 4.87. The van der Waals surface area contributed by atoms with Crippen LogP contribution in [-0.2, 0) is 6.61 Å². The van der Waals surface area contributed by atoms with E-state index >= 15 is 0 Å². The standard InChI is InChI=1S/C16H17BrN2O2/c1-19(2)16(20)14-8-7-13(18)9-15(14)21-10-11-3-5-12(17)6-4-11/h3-9H,10,18H2,1-2H3. The van der Waals surface area contributed by atoms with E-state index in [2.05, 4.69) is 15.9 Å². The molecule has 2 aromatic carbocycles. The number of carbonyl (C=O) groups excluding carboxylic acids is 1. The SMILES string of the molecule is CN(C)C(=O)c1ccc(N)cc1OCc1ccc(Br)cc1. The number of ether oxygens (including phenoxy) is 1. The van der Waals surface area contributed by atoms with Crippen molar-refractivity contribution in [1.82, 2.24) is 4.90 Å². The topological polar surface area (TPSA) is 55.6 Å². The smallest absolute Gasteiger partial charge is 0.257 e. The number of carbonyl (C=O) groups is 1. The maximum Gasteiger partial charge on any atom is 0.257 e. The highest BCUT2D eigenvalue weighted by Gasteiger charge is 2.14. The van der Waals surface area contributed by atoms with E-state index in [-0.39, 0.29) is 5.91 Å². The number of anilines is 1. The minimum atomic E-state index is -0.110. The van der Waals surface area contributed by atoms with Crippen LogP contribution in [0.2, 0.25) is 0 Å². The van der Waals surface area contributed by atoms with Crippen LogP contribution in [0.1, 0.15) is 15.9 Å². The van der Waals surface area contributed by atoms with Gasteiger partial charge in [-0.25, -0.2) is 0 Å². The predicted molar refractivity (Wildman–Crippen MR) is 87.3 cm³/mol. The Kier molecular flexibility index (Phi) is 4.85. The molecule has 21 heavy (non-hydrogen) atoms. The number of halogens is 1. The molecule has 5 heteroatoms. The first-order valence-electron chi connectivity index (χ1n) is 6.46. The van der Waals surface area contributed by atoms with Gasteiger partial charge in [-0.2, -0.15) is 0 Å². The fourth-order valence-electron chi connectivity index (χ4n) is 1.82. The van der Waals surface area contributed by atoms with Gasteiger partial charge in [-0.05, 0) is 29.8 Å². The van der Waals surface area contributed by atoms with Gasteiger partial charge in [-0.1, -0.05) is 28.1 Å². The number of nitrogens with two attached hydrogens (primary N) is 1. The normalized spacial score (nSPS) is 10.2. The number of benzene rings is 2. The Morgan fingerprint density at radius 3 is 2.48 bits per heavy atom. The summed E-state index contributed by atoms with van der Waals surface area (Å²) in [7, 11) is 3.41. The Morgan fingerprint density at radius 1 is 1.19 bits per heavy atom. The third kappa shape index (κ3) is 3.98. The molecule has 2 aromatic rings. The Hall–Kier alpha value is -2.01. The molecule has 0 heterocycles. The lowest BCUT2D eigenvalue weighted by Crippen LogP contribution is -2.22. The lowest BCUT2D eigenvalue weighted by Gasteiger charge is -2.15. The summed E-state index contributed by atoms with van der Waals surface area (Å²) in [5, 5.41) is 0. The number of nitrogen functional groups attached to an aromatic ring is 1. The van der Waals surface area contributed by atoms with Crippen molar-refractivity contribution in [3.8, 4) is 5.75 Å². The lowest BCUT2D eigenvalue weighted by molar-refractivity contribution is 0.0823. The first kappa shape index (κ1) is 15.4. The minimum Gasteiger partial charge on any atom is -0.488 e. The van der Waals surface area contributed by atoms with Crippen molar-refractivity contribution in [2.45, 2.75) is 6.61 Å². The summed E-state index contributed by atoms with van der Waals surface area (Å²) in [4.78, 5) is 13.6. The van der Waals surface area contributed by atoms with Crippen LogP contribution < -0.4 is 10.5 Å². The Bertz CT molecular complexity index is 639. The Labute approximate surface area is 132 Å². The molecule has 0 unspecified atom stereocenters. The van der Waals surface area contributed by atoms with Gasteiger partial charge in [-0.15, -0.1) is 0 Å². The highest BCUT2D eigenvalue weighted by atomic mass is 79.9. The van der Waals surface area contributed by atoms with Gasteiger partial charge in [0.1, 0.15) is 12.4 Å². The molecule has 0 saturated carbocycles. The molecule has 0 aliphatic heterocycles. The summed E-state index contributed by atoms with van der Waals surface area (Å²) >= 11 is 3.39. The second-order valence-corrected chi connectivity index (χ2v) is 5.79. The van der Waals surface area contributed by atoms with Crippen LogP contribution in [0.4, 0.5) is 5.69 Å². The summed E-state index contributed by atoms with van der Waals surface area (Å²) in [6.45, 7) is 0.379. The molecule has 4 nitrogen and oxygen atoms in total. The van der Waals surface area contributed by atoms with Gasteiger partial charge in [0.2, 0.25) is 0 Å². The van der Waals surface area contributed by atoms with Crippen molar-refractivity contribution in [2.75, 3.05) is 19.8 Å². The van der Waals surface area contributed by atoms with Gasteiger partial charge < -0.3 is 15.4 Å². The molecule has 1 amide bonds. The quantitative estimate of drug-likeness (QED) is 0.862. The van der Waals surface area contributed by atoms with Gasteiger partial charge in [0.05, 0.1) is 5.56 Å². The van der Waals surface area contributed by atoms with Crippen molar-refractivity contribution >= 4 is 27.5 Å². The van der Waals surface area contributed by atoms with E-state index in [1.807, 2.05) is 24.3 Å². The fourth-order valence-corrected chi connectivity index (χ4v) is 2.08. The molecule has 0 saturated heterocycles. The average molecular weight is 349 g/mol. The molecule has 0 aliphatic rings. The Balaban J connectivity index is 2.20. The molecular weight excluding hydrogens is 332 g/mol. The summed E-state index contributed by atoms with van der Waals surface area (Å²) in [5.41, 5.74) is 7.87. The van der Waals surface area contributed by atoms with Crippen LogP contribution in [0.15, 0.2) is 46.9 Å². The van der Waals surface area contributed by atoms with Crippen molar-refractivity contribution in [2.24, 2.45) is 0 Å². The van der Waals surface area contributed by atoms with Gasteiger partial charge in [0.25, 0.3) is 5.91 Å². The zero-order chi connectivity index (χ0) is 15.4. The van der Waals surface area contributed by atoms with E-state index in [0.29, 0.717) is 23.6 Å². The van der Waals surface area contributed by atoms with Crippen molar-refractivity contribution in [3.63, 3.8) is 0 Å². The molecule has 0 bridgehead atoms. The summed E-state index contributed by atoms with van der Waals surface area (Å²) in [6.07, 6.45) is 0. The second kappa shape index (κ2) is 6.63. The molecule has 110 valence electrons. The highest BCUT2D eigenvalue weighted by Crippen LogP contribution is 2.24. The number of nitrogens with zero attached hydrogens (tertiary/aromatic N) is 1. The highest BCUT2D eigenvalue weighted by molar-refractivity contribution is 9.10. The van der Waals surface area contributed by atoms with Crippen LogP contribution in [0, 0.1) is 0 Å². The van der Waals surface area contributed by atoms with E-state index in [0.717, 1.165) is 10.0 Å². The minimum absolute atomic E-state index is 0.110. The first-order valence-corrected chi connectivity index (χ1v) is 7.25. The van der Waals surface area contributed by atoms with Crippen LogP contribution in [0.3, 0.4) is 0 Å². The summed E-state index contributed by atoms with van der Waals surface area (Å²) in [6, 6.07) is 12.9. The van der Waals surface area contributed by atoms with Gasteiger partial charge in [0.15, 0.2) is 0 Å². The van der Waals surface area contributed by atoms with Crippen LogP contribution in [-0.4, -0.2) is 24.9 Å². The van der Waals surface area contributed by atoms with Crippen LogP contribution in [0.5, 0.6) is 5.75 Å². The van der Waals surface area contributed by atoms with E-state index in [1.165, 1.54) is 4.90 Å². The largest absolute Gasteiger partial charge is 0.488 e. The van der Waals surface area contributed by atoms with Crippen LogP contribution >= 0.6 is 15.9 Å². The van der Waals surface area contributed by atoms with Crippen molar-refractivity contribution < 1.29 is 9.53 Å². The fraction of sp³-hybridized carbons (Fsp3) is 0.188. The molecule has 0 atom stereocenters. The first-order chi connectivity index (χ1) is 9.97. The molecule has 2 N–H and O–H groups in total.